The molecule has 1 aliphatic rings. The Morgan fingerprint density at radius 3 is 2.88 bits per heavy atom. The number of piperidine rings is 1. The van der Waals surface area contributed by atoms with Crippen molar-refractivity contribution in [1.29, 1.82) is 0 Å². The molecule has 0 spiro atoms. The van der Waals surface area contributed by atoms with Crippen LogP contribution in [0.25, 0.3) is 0 Å². The van der Waals surface area contributed by atoms with Gasteiger partial charge in [0.25, 0.3) is 0 Å². The Bertz CT molecular complexity index is 671. The zero-order valence-corrected chi connectivity index (χ0v) is 14.3. The van der Waals surface area contributed by atoms with Crippen molar-refractivity contribution in [3.63, 3.8) is 0 Å². The van der Waals surface area contributed by atoms with Crippen LogP contribution < -0.4 is 0 Å². The van der Waals surface area contributed by atoms with Gasteiger partial charge in [0.05, 0.1) is 6.54 Å². The van der Waals surface area contributed by atoms with Crippen molar-refractivity contribution in [1.82, 2.24) is 19.9 Å². The second-order valence-corrected chi connectivity index (χ2v) is 6.51. The van der Waals surface area contributed by atoms with Gasteiger partial charge in [0.15, 0.2) is 5.82 Å². The van der Waals surface area contributed by atoms with Gasteiger partial charge in [0, 0.05) is 32.5 Å². The summed E-state index contributed by atoms with van der Waals surface area (Å²) >= 11 is 0. The van der Waals surface area contributed by atoms with E-state index in [0.717, 1.165) is 31.8 Å². The minimum absolute atomic E-state index is 0.165. The number of nitrogens with zero attached hydrogens (tertiary/aromatic N) is 4. The fourth-order valence-corrected chi connectivity index (χ4v) is 3.18. The first-order valence-electron chi connectivity index (χ1n) is 8.42. The first kappa shape index (κ1) is 16.6. The number of amides is 1. The highest BCUT2D eigenvalue weighted by Gasteiger charge is 2.28. The molecule has 0 radical (unpaired) electrons. The van der Waals surface area contributed by atoms with Crippen molar-refractivity contribution in [3.8, 4) is 0 Å². The van der Waals surface area contributed by atoms with Crippen molar-refractivity contribution in [2.24, 2.45) is 0 Å². The molecule has 24 heavy (non-hydrogen) atoms. The minimum Gasteiger partial charge on any atom is -0.341 e. The molecule has 2 heterocycles. The molecule has 3 rings (SSSR count). The Morgan fingerprint density at radius 1 is 1.38 bits per heavy atom. The van der Waals surface area contributed by atoms with Gasteiger partial charge in [-0.3, -0.25) is 9.69 Å². The van der Waals surface area contributed by atoms with E-state index in [-0.39, 0.29) is 11.8 Å². The monoisotopic (exact) mass is 328 g/mol. The number of hydrogen-bond acceptors (Lipinski definition) is 5. The summed E-state index contributed by atoms with van der Waals surface area (Å²) in [6, 6.07) is 10.2. The summed E-state index contributed by atoms with van der Waals surface area (Å²) in [5.74, 6) is 1.65. The minimum atomic E-state index is 0.165. The molecule has 1 atom stereocenters. The Balaban J connectivity index is 1.54. The maximum Gasteiger partial charge on any atom is 0.236 e. The van der Waals surface area contributed by atoms with E-state index in [2.05, 4.69) is 27.2 Å². The van der Waals surface area contributed by atoms with Crippen LogP contribution in [0.5, 0.6) is 0 Å². The number of likely N-dealkylation sites (N-methyl/N-ethyl adjacent to an activating group) is 1. The van der Waals surface area contributed by atoms with Crippen molar-refractivity contribution >= 4 is 5.91 Å². The van der Waals surface area contributed by atoms with Gasteiger partial charge >= 0.3 is 0 Å². The van der Waals surface area contributed by atoms with Crippen molar-refractivity contribution in [3.05, 3.63) is 47.6 Å². The predicted molar refractivity (Wildman–Crippen MR) is 90.4 cm³/mol. The van der Waals surface area contributed by atoms with Gasteiger partial charge in [-0.2, -0.15) is 4.98 Å². The molecule has 0 bridgehead atoms. The van der Waals surface area contributed by atoms with Crippen molar-refractivity contribution < 1.29 is 9.32 Å². The smallest absolute Gasteiger partial charge is 0.236 e. The van der Waals surface area contributed by atoms with Crippen LogP contribution in [0.15, 0.2) is 34.9 Å². The molecule has 1 aliphatic heterocycles. The SMILES string of the molecule is Cc1nc([C@@H]2CCCN(C(=O)CN(C)Cc3ccccc3)C2)no1. The molecule has 2 aromatic rings. The van der Waals surface area contributed by atoms with Crippen LogP contribution >= 0.6 is 0 Å². The molecule has 0 unspecified atom stereocenters. The molecule has 6 heteroatoms. The normalized spacial score (nSPS) is 18.1. The molecule has 0 N–H and O–H groups in total. The lowest BCUT2D eigenvalue weighted by atomic mass is 9.97. The highest BCUT2D eigenvalue weighted by molar-refractivity contribution is 5.78. The van der Waals surface area contributed by atoms with Crippen LogP contribution in [0.3, 0.4) is 0 Å². The average molecular weight is 328 g/mol. The topological polar surface area (TPSA) is 62.5 Å². The van der Waals surface area contributed by atoms with Gasteiger partial charge in [-0.05, 0) is 25.5 Å². The molecule has 1 aromatic heterocycles. The quantitative estimate of drug-likeness (QED) is 0.842. The first-order chi connectivity index (χ1) is 11.6. The standard InChI is InChI=1S/C18H24N4O2/c1-14-19-18(20-24-14)16-9-6-10-22(12-16)17(23)13-21(2)11-15-7-4-3-5-8-15/h3-5,7-8,16H,6,9-13H2,1-2H3/t16-/m1/s1. The van der Waals surface area contributed by atoms with E-state index < -0.39 is 0 Å². The van der Waals surface area contributed by atoms with E-state index in [1.165, 1.54) is 5.56 Å². The number of aryl methyl sites for hydroxylation is 1. The largest absolute Gasteiger partial charge is 0.341 e. The van der Waals surface area contributed by atoms with E-state index >= 15 is 0 Å². The average Bonchev–Trinajstić information content (AvgIpc) is 3.02. The summed E-state index contributed by atoms with van der Waals surface area (Å²) in [7, 11) is 1.98. The number of hydrogen-bond donors (Lipinski definition) is 0. The number of carbonyl (C=O) groups is 1. The summed E-state index contributed by atoms with van der Waals surface area (Å²) in [6.45, 7) is 4.48. The Morgan fingerprint density at radius 2 is 2.17 bits per heavy atom. The van der Waals surface area contributed by atoms with Gasteiger partial charge < -0.3 is 9.42 Å². The Labute approximate surface area is 142 Å². The molecule has 1 saturated heterocycles. The summed E-state index contributed by atoms with van der Waals surface area (Å²) in [6.07, 6.45) is 1.98. The van der Waals surface area contributed by atoms with Crippen LogP contribution in [0.1, 0.15) is 36.0 Å². The molecule has 128 valence electrons. The zero-order chi connectivity index (χ0) is 16.9. The van der Waals surface area contributed by atoms with Gasteiger partial charge in [0.1, 0.15) is 0 Å². The third-order valence-electron chi connectivity index (χ3n) is 4.38. The summed E-state index contributed by atoms with van der Waals surface area (Å²) in [5.41, 5.74) is 1.21. The maximum atomic E-state index is 12.6. The highest BCUT2D eigenvalue weighted by atomic mass is 16.5. The van der Waals surface area contributed by atoms with E-state index in [0.29, 0.717) is 19.0 Å². The summed E-state index contributed by atoms with van der Waals surface area (Å²) < 4.78 is 5.07. The second kappa shape index (κ2) is 7.57. The highest BCUT2D eigenvalue weighted by Crippen LogP contribution is 2.24. The third-order valence-corrected chi connectivity index (χ3v) is 4.38. The van der Waals surface area contributed by atoms with Crippen molar-refractivity contribution in [2.75, 3.05) is 26.7 Å². The van der Waals surface area contributed by atoms with Gasteiger partial charge in [-0.25, -0.2) is 0 Å². The summed E-state index contributed by atoms with van der Waals surface area (Å²) in [5, 5.41) is 4.02. The lowest BCUT2D eigenvalue weighted by molar-refractivity contribution is -0.133. The lowest BCUT2D eigenvalue weighted by Crippen LogP contribution is -2.43. The third kappa shape index (κ3) is 4.20. The Kier molecular flexibility index (Phi) is 5.25. The molecule has 0 aliphatic carbocycles. The van der Waals surface area contributed by atoms with Gasteiger partial charge in [-0.1, -0.05) is 35.5 Å². The maximum absolute atomic E-state index is 12.6. The zero-order valence-electron chi connectivity index (χ0n) is 14.3. The molecule has 6 nitrogen and oxygen atoms in total. The van der Waals surface area contributed by atoms with Crippen molar-refractivity contribution in [2.45, 2.75) is 32.2 Å². The number of carbonyl (C=O) groups excluding carboxylic acids is 1. The molecular weight excluding hydrogens is 304 g/mol. The number of likely N-dealkylation sites (tertiary alicyclic amines) is 1. The number of rotatable bonds is 5. The fraction of sp³-hybridized carbons (Fsp3) is 0.500. The van der Waals surface area contributed by atoms with Crippen LogP contribution in [0.4, 0.5) is 0 Å². The van der Waals surface area contributed by atoms with Crippen LogP contribution in [-0.2, 0) is 11.3 Å². The van der Waals surface area contributed by atoms with E-state index in [1.54, 1.807) is 6.92 Å². The molecular formula is C18H24N4O2. The molecule has 1 fully saturated rings. The Hall–Kier alpha value is -2.21. The van der Waals surface area contributed by atoms with E-state index in [9.17, 15) is 4.79 Å². The van der Waals surface area contributed by atoms with Crippen LogP contribution in [0.2, 0.25) is 0 Å². The van der Waals surface area contributed by atoms with Gasteiger partial charge in [0.2, 0.25) is 11.8 Å². The number of aromatic nitrogens is 2. The number of benzene rings is 1. The molecule has 1 amide bonds. The lowest BCUT2D eigenvalue weighted by Gasteiger charge is -2.32. The van der Waals surface area contributed by atoms with E-state index in [4.69, 9.17) is 4.52 Å². The first-order valence-corrected chi connectivity index (χ1v) is 8.42. The van der Waals surface area contributed by atoms with Crippen LogP contribution in [-0.4, -0.2) is 52.5 Å². The molecule has 0 saturated carbocycles. The van der Waals surface area contributed by atoms with Crippen LogP contribution in [0, 0.1) is 6.92 Å². The molecule has 1 aromatic carbocycles. The van der Waals surface area contributed by atoms with E-state index in [1.807, 2.05) is 30.1 Å². The second-order valence-electron chi connectivity index (χ2n) is 6.51. The summed E-state index contributed by atoms with van der Waals surface area (Å²) in [4.78, 5) is 20.9. The van der Waals surface area contributed by atoms with Gasteiger partial charge in [-0.15, -0.1) is 0 Å². The fourth-order valence-electron chi connectivity index (χ4n) is 3.18. The predicted octanol–water partition coefficient (Wildman–Crippen LogP) is 2.22.